The second kappa shape index (κ2) is 10.7. The van der Waals surface area contributed by atoms with E-state index in [1.165, 1.54) is 0 Å². The van der Waals surface area contributed by atoms with Crippen LogP contribution in [0, 0.1) is 12.8 Å². The molecule has 2 N–H and O–H groups in total. The van der Waals surface area contributed by atoms with E-state index in [0.717, 1.165) is 27.9 Å². The van der Waals surface area contributed by atoms with Crippen molar-refractivity contribution in [3.63, 3.8) is 0 Å². The first kappa shape index (κ1) is 23.8. The Kier molecular flexibility index (Phi) is 7.49. The lowest BCUT2D eigenvalue weighted by molar-refractivity contribution is 0.122. The van der Waals surface area contributed by atoms with Crippen LogP contribution in [0.15, 0.2) is 59.4 Å². The highest BCUT2D eigenvalue weighted by Crippen LogP contribution is 2.29. The van der Waals surface area contributed by atoms with Gasteiger partial charge in [-0.1, -0.05) is 55.8 Å². The summed E-state index contributed by atoms with van der Waals surface area (Å²) < 4.78 is 1.83. The standard InChI is InChI=1S/C26H32N6O2/c1-18(2)24(25-28-29-30-32(25)16-20-8-5-4-6-9-20)31(12-7-13-33)17-22-15-21-14-19(3)10-11-23(21)27-26(22)34/h4-6,8-11,14-15,18,24,33H,7,12-13,16-17H2,1-3H3,(H,27,34). The molecule has 4 rings (SSSR count). The number of benzene rings is 2. The van der Waals surface area contributed by atoms with Gasteiger partial charge in [-0.05, 0) is 58.8 Å². The molecule has 0 aliphatic carbocycles. The van der Waals surface area contributed by atoms with Crippen molar-refractivity contribution in [1.82, 2.24) is 30.1 Å². The van der Waals surface area contributed by atoms with Crippen LogP contribution in [0.5, 0.6) is 0 Å². The average molecular weight is 461 g/mol. The van der Waals surface area contributed by atoms with Crippen LogP contribution in [0.1, 0.15) is 48.8 Å². The van der Waals surface area contributed by atoms with Crippen LogP contribution in [0.2, 0.25) is 0 Å². The molecule has 0 saturated heterocycles. The number of tetrazole rings is 1. The van der Waals surface area contributed by atoms with Crippen molar-refractivity contribution in [3.8, 4) is 0 Å². The molecule has 0 aliphatic rings. The van der Waals surface area contributed by atoms with Crippen molar-refractivity contribution in [2.75, 3.05) is 13.2 Å². The lowest BCUT2D eigenvalue weighted by atomic mass is 10.00. The van der Waals surface area contributed by atoms with Crippen molar-refractivity contribution in [3.05, 3.63) is 87.5 Å². The predicted octanol–water partition coefficient (Wildman–Crippen LogP) is 3.45. The Bertz CT molecular complexity index is 1280. The number of aromatic amines is 1. The van der Waals surface area contributed by atoms with Crippen molar-refractivity contribution in [1.29, 1.82) is 0 Å². The van der Waals surface area contributed by atoms with Gasteiger partial charge >= 0.3 is 0 Å². The summed E-state index contributed by atoms with van der Waals surface area (Å²) in [5, 5.41) is 23.2. The molecule has 2 aromatic heterocycles. The zero-order valence-electron chi connectivity index (χ0n) is 20.0. The number of fused-ring (bicyclic) bond motifs is 1. The Hall–Kier alpha value is -3.36. The van der Waals surface area contributed by atoms with Crippen LogP contribution in [-0.2, 0) is 13.1 Å². The molecule has 0 saturated carbocycles. The van der Waals surface area contributed by atoms with Crippen LogP contribution in [0.3, 0.4) is 0 Å². The van der Waals surface area contributed by atoms with Crippen molar-refractivity contribution < 1.29 is 5.11 Å². The minimum atomic E-state index is -0.127. The molecule has 2 aromatic carbocycles. The molecule has 4 aromatic rings. The van der Waals surface area contributed by atoms with E-state index in [2.05, 4.69) is 57.5 Å². The molecule has 178 valence electrons. The number of aryl methyl sites for hydroxylation is 1. The number of H-pyrrole nitrogens is 1. The minimum Gasteiger partial charge on any atom is -0.396 e. The van der Waals surface area contributed by atoms with Crippen LogP contribution >= 0.6 is 0 Å². The predicted molar refractivity (Wildman–Crippen MR) is 132 cm³/mol. The number of aromatic nitrogens is 5. The molecule has 0 radical (unpaired) electrons. The van der Waals surface area contributed by atoms with Crippen LogP contribution < -0.4 is 5.56 Å². The molecule has 0 amide bonds. The number of pyridine rings is 1. The largest absolute Gasteiger partial charge is 0.396 e. The highest BCUT2D eigenvalue weighted by molar-refractivity contribution is 5.79. The van der Waals surface area contributed by atoms with E-state index in [9.17, 15) is 9.90 Å². The molecule has 2 heterocycles. The smallest absolute Gasteiger partial charge is 0.252 e. The molecular weight excluding hydrogens is 428 g/mol. The fourth-order valence-corrected chi connectivity index (χ4v) is 4.47. The monoisotopic (exact) mass is 460 g/mol. The molecule has 0 aliphatic heterocycles. The average Bonchev–Trinajstić information content (AvgIpc) is 3.26. The third-order valence-corrected chi connectivity index (χ3v) is 6.08. The Labute approximate surface area is 199 Å². The quantitative estimate of drug-likeness (QED) is 0.376. The van der Waals surface area contributed by atoms with Crippen molar-refractivity contribution in [2.24, 2.45) is 5.92 Å². The van der Waals surface area contributed by atoms with E-state index in [4.69, 9.17) is 0 Å². The molecule has 0 fully saturated rings. The van der Waals surface area contributed by atoms with Gasteiger partial charge in [-0.2, -0.15) is 0 Å². The molecule has 1 atom stereocenters. The molecule has 1 unspecified atom stereocenters. The van der Waals surface area contributed by atoms with E-state index in [-0.39, 0.29) is 24.1 Å². The van der Waals surface area contributed by atoms with Gasteiger partial charge in [0.25, 0.3) is 5.56 Å². The van der Waals surface area contributed by atoms with Gasteiger partial charge in [0.05, 0.1) is 12.6 Å². The molecule has 8 nitrogen and oxygen atoms in total. The highest BCUT2D eigenvalue weighted by atomic mass is 16.3. The fraction of sp³-hybridized carbons (Fsp3) is 0.385. The first-order valence-electron chi connectivity index (χ1n) is 11.7. The number of nitrogens with zero attached hydrogens (tertiary/aromatic N) is 5. The lowest BCUT2D eigenvalue weighted by Crippen LogP contribution is -2.36. The Morgan fingerprint density at radius 1 is 1.12 bits per heavy atom. The normalized spacial score (nSPS) is 12.6. The number of aliphatic hydroxyl groups excluding tert-OH is 1. The second-order valence-corrected chi connectivity index (χ2v) is 9.13. The maximum absolute atomic E-state index is 12.9. The van der Waals surface area contributed by atoms with E-state index in [0.29, 0.717) is 31.6 Å². The maximum Gasteiger partial charge on any atom is 0.252 e. The Morgan fingerprint density at radius 3 is 2.65 bits per heavy atom. The highest BCUT2D eigenvalue weighted by Gasteiger charge is 2.29. The summed E-state index contributed by atoms with van der Waals surface area (Å²) in [7, 11) is 0. The van der Waals surface area contributed by atoms with Gasteiger partial charge in [0.2, 0.25) is 0 Å². The van der Waals surface area contributed by atoms with Gasteiger partial charge in [0.1, 0.15) is 0 Å². The van der Waals surface area contributed by atoms with Gasteiger partial charge in [0, 0.05) is 30.8 Å². The van der Waals surface area contributed by atoms with Gasteiger partial charge in [-0.15, -0.1) is 5.10 Å². The molecule has 0 spiro atoms. The summed E-state index contributed by atoms with van der Waals surface area (Å²) in [4.78, 5) is 18.2. The summed E-state index contributed by atoms with van der Waals surface area (Å²) >= 11 is 0. The lowest BCUT2D eigenvalue weighted by Gasteiger charge is -2.33. The van der Waals surface area contributed by atoms with Gasteiger partial charge in [-0.25, -0.2) is 4.68 Å². The number of rotatable bonds is 10. The summed E-state index contributed by atoms with van der Waals surface area (Å²) in [5.74, 6) is 0.936. The summed E-state index contributed by atoms with van der Waals surface area (Å²) in [6.07, 6.45) is 0.591. The van der Waals surface area contributed by atoms with E-state index >= 15 is 0 Å². The van der Waals surface area contributed by atoms with Gasteiger partial charge in [0.15, 0.2) is 5.82 Å². The second-order valence-electron chi connectivity index (χ2n) is 9.13. The minimum absolute atomic E-state index is 0.0730. The van der Waals surface area contributed by atoms with Gasteiger partial charge in [-0.3, -0.25) is 9.69 Å². The van der Waals surface area contributed by atoms with Gasteiger partial charge < -0.3 is 10.1 Å². The zero-order valence-corrected chi connectivity index (χ0v) is 20.0. The van der Waals surface area contributed by atoms with E-state index < -0.39 is 0 Å². The first-order valence-corrected chi connectivity index (χ1v) is 11.7. The Balaban J connectivity index is 1.69. The maximum atomic E-state index is 12.9. The van der Waals surface area contributed by atoms with E-state index in [1.54, 1.807) is 0 Å². The molecule has 8 heteroatoms. The number of nitrogens with one attached hydrogen (secondary N) is 1. The third-order valence-electron chi connectivity index (χ3n) is 6.08. The van der Waals surface area contributed by atoms with Crippen molar-refractivity contribution in [2.45, 2.75) is 46.3 Å². The first-order chi connectivity index (χ1) is 16.5. The number of hydrogen-bond acceptors (Lipinski definition) is 6. The SMILES string of the molecule is Cc1ccc2[nH]c(=O)c(CN(CCCO)C(c3nnnn3Cc3ccccc3)C(C)C)cc2c1. The van der Waals surface area contributed by atoms with Crippen LogP contribution in [0.25, 0.3) is 10.9 Å². The molecule has 0 bridgehead atoms. The third kappa shape index (κ3) is 5.40. The molecular formula is C26H32N6O2. The number of hydrogen-bond donors (Lipinski definition) is 2. The van der Waals surface area contributed by atoms with Crippen LogP contribution in [0.4, 0.5) is 0 Å². The summed E-state index contributed by atoms with van der Waals surface area (Å²) in [6, 6.07) is 17.9. The Morgan fingerprint density at radius 2 is 1.91 bits per heavy atom. The number of aliphatic hydroxyl groups is 1. The fourth-order valence-electron chi connectivity index (χ4n) is 4.47. The zero-order chi connectivity index (χ0) is 24.1. The topological polar surface area (TPSA) is 99.9 Å². The summed E-state index contributed by atoms with van der Waals surface area (Å²) in [6.45, 7) is 7.99. The molecule has 34 heavy (non-hydrogen) atoms. The van der Waals surface area contributed by atoms with Crippen molar-refractivity contribution >= 4 is 10.9 Å². The summed E-state index contributed by atoms with van der Waals surface area (Å²) in [5.41, 5.74) is 3.67. The van der Waals surface area contributed by atoms with Crippen LogP contribution in [-0.4, -0.2) is 48.3 Å². The van der Waals surface area contributed by atoms with E-state index in [1.807, 2.05) is 48.0 Å².